The van der Waals surface area contributed by atoms with Crippen LogP contribution in [0.15, 0.2) is 67.0 Å². The Hall–Kier alpha value is -6.88. The topological polar surface area (TPSA) is 187 Å². The maximum atomic E-state index is 16.1. The smallest absolute Gasteiger partial charge is 0.328 e. The van der Waals surface area contributed by atoms with Crippen LogP contribution >= 0.6 is 0 Å². The molecule has 6 heterocycles. The Labute approximate surface area is 358 Å². The molecule has 3 saturated heterocycles. The number of carbonyl (C=O) groups is 4. The minimum Gasteiger partial charge on any atom is -0.372 e. The number of nitrogens with one attached hydrogen (secondary N) is 3. The van der Waals surface area contributed by atoms with E-state index in [1.807, 2.05) is 18.2 Å². The van der Waals surface area contributed by atoms with Gasteiger partial charge in [0.25, 0.3) is 11.8 Å². The minimum atomic E-state index is -0.744. The van der Waals surface area contributed by atoms with Crippen molar-refractivity contribution in [1.82, 2.24) is 30.0 Å². The molecule has 0 radical (unpaired) electrons. The fourth-order valence-electron chi connectivity index (χ4n) is 9.03. The first-order valence-electron chi connectivity index (χ1n) is 21.1. The Kier molecular flexibility index (Phi) is 11.0. The summed E-state index contributed by atoms with van der Waals surface area (Å²) in [5, 5.41) is 13.2. The number of rotatable bonds is 9. The number of amides is 5. The van der Waals surface area contributed by atoms with Gasteiger partial charge in [-0.05, 0) is 105 Å². The fourth-order valence-corrected chi connectivity index (χ4v) is 9.03. The summed E-state index contributed by atoms with van der Waals surface area (Å²) in [6, 6.07) is 17.0. The molecule has 0 saturated carbocycles. The van der Waals surface area contributed by atoms with Crippen molar-refractivity contribution >= 4 is 58.1 Å². The van der Waals surface area contributed by atoms with Crippen LogP contribution in [0, 0.1) is 25.6 Å². The van der Waals surface area contributed by atoms with Gasteiger partial charge in [0.15, 0.2) is 5.82 Å². The summed E-state index contributed by atoms with van der Waals surface area (Å²) in [6.07, 6.45) is 6.17. The number of carbonyl (C=O) groups excluding carboxylic acids is 4. The Balaban J connectivity index is 0.802. The molecule has 0 unspecified atom stereocenters. The lowest BCUT2D eigenvalue weighted by Gasteiger charge is -2.40. The van der Waals surface area contributed by atoms with Crippen molar-refractivity contribution in [3.05, 3.63) is 101 Å². The Bertz CT molecular complexity index is 2560. The van der Waals surface area contributed by atoms with Gasteiger partial charge in [-0.1, -0.05) is 0 Å². The minimum absolute atomic E-state index is 0.0695. The number of anilines is 6. The molecule has 4 aliphatic rings. The van der Waals surface area contributed by atoms with Gasteiger partial charge in [-0.25, -0.2) is 18.9 Å². The first kappa shape index (κ1) is 40.5. The van der Waals surface area contributed by atoms with Gasteiger partial charge in [-0.15, -0.1) is 0 Å². The van der Waals surface area contributed by atoms with Gasteiger partial charge in [0.1, 0.15) is 22.9 Å². The molecule has 5 aromatic rings. The number of hydrogen-bond acceptors (Lipinski definition) is 11. The van der Waals surface area contributed by atoms with Crippen LogP contribution in [0.3, 0.4) is 0 Å². The van der Waals surface area contributed by atoms with Crippen molar-refractivity contribution in [2.24, 2.45) is 11.7 Å². The fraction of sp³-hybridized carbons (Fsp3) is 0.356. The highest BCUT2D eigenvalue weighted by Gasteiger charge is 2.30. The van der Waals surface area contributed by atoms with Crippen LogP contribution in [0.25, 0.3) is 11.3 Å². The van der Waals surface area contributed by atoms with E-state index in [2.05, 4.69) is 64.9 Å². The Morgan fingerprint density at radius 3 is 2.29 bits per heavy atom. The maximum absolute atomic E-state index is 16.1. The first-order chi connectivity index (χ1) is 30.0. The summed E-state index contributed by atoms with van der Waals surface area (Å²) in [6.45, 7) is 11.0. The molecule has 2 aromatic heterocycles. The molecule has 5 amide bonds. The van der Waals surface area contributed by atoms with Gasteiger partial charge in [0.05, 0.1) is 11.9 Å². The molecule has 62 heavy (non-hydrogen) atoms. The van der Waals surface area contributed by atoms with Crippen molar-refractivity contribution < 1.29 is 23.6 Å². The molecular weight excluding hydrogens is 792 g/mol. The van der Waals surface area contributed by atoms with E-state index < -0.39 is 17.6 Å². The normalized spacial score (nSPS) is 17.2. The van der Waals surface area contributed by atoms with E-state index in [-0.39, 0.29) is 45.7 Å². The molecule has 16 nitrogen and oxygen atoms in total. The number of imide groups is 1. The highest BCUT2D eigenvalue weighted by molar-refractivity contribution is 6.07. The molecule has 0 bridgehead atoms. The third-order valence-electron chi connectivity index (χ3n) is 12.5. The third-order valence-corrected chi connectivity index (χ3v) is 12.5. The van der Waals surface area contributed by atoms with E-state index >= 15 is 4.39 Å². The molecule has 17 heteroatoms. The molecule has 4 aliphatic heterocycles. The van der Waals surface area contributed by atoms with Gasteiger partial charge in [0, 0.05) is 105 Å². The van der Waals surface area contributed by atoms with E-state index in [0.29, 0.717) is 43.4 Å². The monoisotopic (exact) mass is 840 g/mol. The molecule has 320 valence electrons. The zero-order valence-electron chi connectivity index (χ0n) is 34.8. The quantitative estimate of drug-likeness (QED) is 0.152. The number of nitrogens with two attached hydrogens (primary N) is 1. The van der Waals surface area contributed by atoms with Crippen molar-refractivity contribution in [1.29, 1.82) is 0 Å². The number of halogens is 1. The van der Waals surface area contributed by atoms with Crippen LogP contribution in [0.4, 0.5) is 43.6 Å². The van der Waals surface area contributed by atoms with Crippen LogP contribution in [-0.4, -0.2) is 101 Å². The van der Waals surface area contributed by atoms with Crippen LogP contribution in [0.5, 0.6) is 0 Å². The van der Waals surface area contributed by atoms with Crippen molar-refractivity contribution in [3.63, 3.8) is 0 Å². The van der Waals surface area contributed by atoms with Gasteiger partial charge in [-0.2, -0.15) is 5.10 Å². The number of urea groups is 1. The molecule has 3 aromatic carbocycles. The second-order valence-electron chi connectivity index (χ2n) is 16.5. The summed E-state index contributed by atoms with van der Waals surface area (Å²) in [5.41, 5.74) is 12.0. The largest absolute Gasteiger partial charge is 0.372 e. The Morgan fingerprint density at radius 2 is 1.56 bits per heavy atom. The lowest BCUT2D eigenvalue weighted by Crippen LogP contribution is -2.49. The van der Waals surface area contributed by atoms with Gasteiger partial charge in [-0.3, -0.25) is 34.5 Å². The molecule has 3 fully saturated rings. The number of primary amides is 1. The van der Waals surface area contributed by atoms with Gasteiger partial charge >= 0.3 is 6.03 Å². The average molecular weight is 841 g/mol. The number of benzene rings is 3. The molecular formula is C45H49FN12O4. The number of aryl methyl sites for hydroxylation is 3. The van der Waals surface area contributed by atoms with E-state index in [1.54, 1.807) is 22.7 Å². The third kappa shape index (κ3) is 8.14. The summed E-state index contributed by atoms with van der Waals surface area (Å²) >= 11 is 0. The second-order valence-corrected chi connectivity index (χ2v) is 16.5. The zero-order valence-corrected chi connectivity index (χ0v) is 34.8. The predicted octanol–water partition coefficient (Wildman–Crippen LogP) is 5.23. The van der Waals surface area contributed by atoms with E-state index in [9.17, 15) is 19.2 Å². The van der Waals surface area contributed by atoms with Gasteiger partial charge in [0.2, 0.25) is 5.91 Å². The molecule has 0 aliphatic carbocycles. The van der Waals surface area contributed by atoms with Crippen molar-refractivity contribution in [2.75, 3.05) is 77.7 Å². The van der Waals surface area contributed by atoms with Crippen LogP contribution in [0.1, 0.15) is 56.8 Å². The van der Waals surface area contributed by atoms with Crippen molar-refractivity contribution in [3.8, 4) is 11.3 Å². The molecule has 0 spiro atoms. The SMILES string of the molecule is Cc1cncc(NC(=O)c2ccc(-c3nn4c(c3C(N)=O)Nc3ccc(N5CCN(CC6CCN(c7ccc(N8CCC(=O)NC8=O)cc7)CC6)CC5)cc3CC4)c(F)c2C)n1. The number of aromatic nitrogens is 4. The highest BCUT2D eigenvalue weighted by atomic mass is 19.1. The van der Waals surface area contributed by atoms with Crippen LogP contribution in [-0.2, 0) is 17.8 Å². The Morgan fingerprint density at radius 1 is 0.839 bits per heavy atom. The second kappa shape index (κ2) is 16.9. The maximum Gasteiger partial charge on any atom is 0.328 e. The average Bonchev–Trinajstić information content (AvgIpc) is 3.52. The van der Waals surface area contributed by atoms with E-state index in [4.69, 9.17) is 10.8 Å². The summed E-state index contributed by atoms with van der Waals surface area (Å²) in [7, 11) is 0. The van der Waals surface area contributed by atoms with Crippen LogP contribution in [0.2, 0.25) is 0 Å². The molecule has 0 atom stereocenters. The molecule has 5 N–H and O–H groups in total. The number of nitrogens with zero attached hydrogens (tertiary/aromatic N) is 8. The van der Waals surface area contributed by atoms with E-state index in [0.717, 1.165) is 87.0 Å². The standard InChI is InChI=1S/C45H49FN12O4/c1-27-24-48-25-37(49-27)51-44(61)34-8-9-35(40(46)28(34)2)41-39(42(47)60)43-50-36-10-7-33(23-30(36)13-18-58(43)53-41)56-21-19-54(20-22-56)26-29-11-15-55(16-12-29)31-3-5-32(6-4-31)57-17-14-38(59)52-45(57)62/h3-10,23-25,29,50H,11-22,26H2,1-2H3,(H2,47,60)(H,49,51,61)(H,52,59,62). The zero-order chi connectivity index (χ0) is 43.1. The number of hydrogen-bond donors (Lipinski definition) is 4. The summed E-state index contributed by atoms with van der Waals surface area (Å²) < 4.78 is 17.8. The predicted molar refractivity (Wildman–Crippen MR) is 235 cm³/mol. The highest BCUT2D eigenvalue weighted by Crippen LogP contribution is 2.38. The molecule has 9 rings (SSSR count). The lowest BCUT2D eigenvalue weighted by atomic mass is 9.95. The van der Waals surface area contributed by atoms with Gasteiger partial charge < -0.3 is 26.2 Å². The van der Waals surface area contributed by atoms with E-state index in [1.165, 1.54) is 25.3 Å². The van der Waals surface area contributed by atoms with Crippen molar-refractivity contribution in [2.45, 2.75) is 46.1 Å². The van der Waals surface area contributed by atoms with Crippen LogP contribution < -0.4 is 36.4 Å². The number of fused-ring (bicyclic) bond motifs is 2. The summed E-state index contributed by atoms with van der Waals surface area (Å²) in [4.78, 5) is 67.2. The first-order valence-corrected chi connectivity index (χ1v) is 21.1. The summed E-state index contributed by atoms with van der Waals surface area (Å²) in [5.74, 6) is -0.904. The lowest BCUT2D eigenvalue weighted by molar-refractivity contribution is -0.120. The number of piperidine rings is 1. The number of piperazine rings is 1.